The van der Waals surface area contributed by atoms with Gasteiger partial charge < -0.3 is 9.42 Å². The van der Waals surface area contributed by atoms with Crippen LogP contribution in [0.5, 0.6) is 5.75 Å². The summed E-state index contributed by atoms with van der Waals surface area (Å²) in [5.74, 6) is 0.218. The molecule has 4 nitrogen and oxygen atoms in total. The highest BCUT2D eigenvalue weighted by Crippen LogP contribution is 2.47. The van der Waals surface area contributed by atoms with Crippen molar-refractivity contribution in [3.63, 3.8) is 0 Å². The van der Waals surface area contributed by atoms with Crippen molar-refractivity contribution in [2.45, 2.75) is 13.3 Å². The summed E-state index contributed by atoms with van der Waals surface area (Å²) in [6.07, 6.45) is 2.14. The Morgan fingerprint density at radius 2 is 1.86 bits per heavy atom. The van der Waals surface area contributed by atoms with Gasteiger partial charge in [-0.3, -0.25) is 4.79 Å². The minimum atomic E-state index is -4.48. The highest BCUT2D eigenvalue weighted by Gasteiger charge is 2.34. The molecule has 0 heterocycles. The van der Waals surface area contributed by atoms with Crippen molar-refractivity contribution in [1.29, 1.82) is 0 Å². The average molecular weight is 316 g/mol. The second-order valence-electron chi connectivity index (χ2n) is 4.83. The summed E-state index contributed by atoms with van der Waals surface area (Å²) < 4.78 is 17.5. The van der Waals surface area contributed by atoms with Gasteiger partial charge in [0.2, 0.25) is 0 Å². The number of rotatable bonds is 6. The van der Waals surface area contributed by atoms with Crippen molar-refractivity contribution in [2.75, 3.05) is 0 Å². The van der Waals surface area contributed by atoms with Crippen LogP contribution < -0.4 is 4.52 Å². The first-order chi connectivity index (χ1) is 10.5. The molecule has 0 amide bonds. The largest absolute Gasteiger partial charge is 0.448 e. The van der Waals surface area contributed by atoms with E-state index in [4.69, 9.17) is 4.52 Å². The Labute approximate surface area is 129 Å². The number of carbonyl (C=O) groups is 1. The van der Waals surface area contributed by atoms with E-state index >= 15 is 0 Å². The molecule has 0 saturated carbocycles. The molecule has 5 heteroatoms. The van der Waals surface area contributed by atoms with E-state index in [0.29, 0.717) is 17.5 Å². The Balaban J connectivity index is 2.32. The Bertz CT molecular complexity index is 752. The molecule has 22 heavy (non-hydrogen) atoms. The molecule has 0 spiro atoms. The van der Waals surface area contributed by atoms with Crippen LogP contribution in [-0.2, 0) is 11.0 Å². The number of para-hydroxylation sites is 1. The van der Waals surface area contributed by atoms with Gasteiger partial charge in [-0.2, -0.15) is 0 Å². The fourth-order valence-electron chi connectivity index (χ4n) is 2.06. The molecule has 1 atom stereocenters. The van der Waals surface area contributed by atoms with Crippen LogP contribution in [0, 0.1) is 6.92 Å². The van der Waals surface area contributed by atoms with Crippen molar-refractivity contribution in [2.24, 2.45) is 0 Å². The lowest BCUT2D eigenvalue weighted by Gasteiger charge is -2.15. The van der Waals surface area contributed by atoms with E-state index in [2.05, 4.69) is 6.58 Å². The average Bonchev–Trinajstić information content (AvgIpc) is 2.49. The van der Waals surface area contributed by atoms with Crippen LogP contribution in [-0.4, -0.2) is 10.4 Å². The predicted octanol–water partition coefficient (Wildman–Crippen LogP) is 4.13. The third-order valence-electron chi connectivity index (χ3n) is 3.19. The molecule has 0 fully saturated rings. The number of hydrogen-bond acceptors (Lipinski definition) is 3. The first-order valence-electron chi connectivity index (χ1n) is 6.77. The molecule has 0 bridgehead atoms. The lowest BCUT2D eigenvalue weighted by Crippen LogP contribution is -2.08. The maximum atomic E-state index is 12.4. The van der Waals surface area contributed by atoms with E-state index in [1.54, 1.807) is 55.5 Å². The Morgan fingerprint density at radius 3 is 2.55 bits per heavy atom. The fraction of sp³-hybridized carbons (Fsp3) is 0.118. The zero-order chi connectivity index (χ0) is 16.2. The van der Waals surface area contributed by atoms with Crippen LogP contribution in [0.1, 0.15) is 21.5 Å². The zero-order valence-corrected chi connectivity index (χ0v) is 13.1. The molecule has 0 saturated heterocycles. The van der Waals surface area contributed by atoms with Crippen molar-refractivity contribution in [1.82, 2.24) is 0 Å². The first-order valence-corrected chi connectivity index (χ1v) is 8.35. The Kier molecular flexibility index (Phi) is 4.96. The Hall–Kier alpha value is -2.16. The standard InChI is InChI=1S/C17H17O4P/c1-3-8-14-10-5-7-12-16(14)21-22(19,20)17(18)15-11-6-4-9-13(15)2/h3-7,9-12H,1,8H2,2H3,(H,19,20). The second-order valence-corrected chi connectivity index (χ2v) is 6.46. The predicted molar refractivity (Wildman–Crippen MR) is 86.3 cm³/mol. The second kappa shape index (κ2) is 6.73. The van der Waals surface area contributed by atoms with Gasteiger partial charge in [-0.15, -0.1) is 6.58 Å². The van der Waals surface area contributed by atoms with E-state index in [1.165, 1.54) is 6.07 Å². The lowest BCUT2D eigenvalue weighted by molar-refractivity contribution is 0.104. The molecule has 2 aromatic rings. The summed E-state index contributed by atoms with van der Waals surface area (Å²) in [6, 6.07) is 13.4. The quantitative estimate of drug-likeness (QED) is 0.643. The normalized spacial score (nSPS) is 13.2. The van der Waals surface area contributed by atoms with Crippen LogP contribution in [0.25, 0.3) is 0 Å². The van der Waals surface area contributed by atoms with Crippen LogP contribution in [0.15, 0.2) is 61.2 Å². The Morgan fingerprint density at radius 1 is 1.23 bits per heavy atom. The highest BCUT2D eigenvalue weighted by molar-refractivity contribution is 7.72. The van der Waals surface area contributed by atoms with E-state index in [9.17, 15) is 14.3 Å². The van der Waals surface area contributed by atoms with Gasteiger partial charge in [0.25, 0.3) is 5.52 Å². The summed E-state index contributed by atoms with van der Waals surface area (Å²) in [7, 11) is -4.48. The van der Waals surface area contributed by atoms with Gasteiger partial charge in [-0.1, -0.05) is 48.5 Å². The molecule has 0 radical (unpaired) electrons. The fourth-order valence-corrected chi connectivity index (χ4v) is 3.14. The van der Waals surface area contributed by atoms with E-state index in [0.717, 1.165) is 0 Å². The molecule has 1 N–H and O–H groups in total. The SMILES string of the molecule is C=CCc1ccccc1OP(=O)(O)C(=O)c1ccccc1C. The number of aryl methyl sites for hydroxylation is 1. The zero-order valence-electron chi connectivity index (χ0n) is 12.2. The van der Waals surface area contributed by atoms with Crippen molar-refractivity contribution in [3.05, 3.63) is 77.9 Å². The molecule has 0 aliphatic rings. The summed E-state index contributed by atoms with van der Waals surface area (Å²) in [6.45, 7) is 5.34. The number of hydrogen-bond donors (Lipinski definition) is 1. The number of carbonyl (C=O) groups excluding carboxylic acids is 1. The maximum Gasteiger partial charge on any atom is 0.448 e. The lowest BCUT2D eigenvalue weighted by atomic mass is 10.1. The van der Waals surface area contributed by atoms with Crippen molar-refractivity contribution in [3.8, 4) is 5.75 Å². The van der Waals surface area contributed by atoms with Crippen LogP contribution in [0.2, 0.25) is 0 Å². The minimum absolute atomic E-state index is 0.189. The molecule has 2 aromatic carbocycles. The smallest absolute Gasteiger partial charge is 0.419 e. The summed E-state index contributed by atoms with van der Waals surface area (Å²) >= 11 is 0. The van der Waals surface area contributed by atoms with E-state index in [-0.39, 0.29) is 11.3 Å². The van der Waals surface area contributed by atoms with Gasteiger partial charge in [0.05, 0.1) is 0 Å². The molecule has 0 aliphatic carbocycles. The van der Waals surface area contributed by atoms with Gasteiger partial charge in [-0.25, -0.2) is 4.57 Å². The van der Waals surface area contributed by atoms with Crippen molar-refractivity contribution >= 4 is 13.1 Å². The van der Waals surface area contributed by atoms with Gasteiger partial charge in [0.1, 0.15) is 5.75 Å². The number of benzene rings is 2. The van der Waals surface area contributed by atoms with E-state index in [1.807, 2.05) is 0 Å². The molecular formula is C17H17O4P. The minimum Gasteiger partial charge on any atom is -0.419 e. The summed E-state index contributed by atoms with van der Waals surface area (Å²) in [4.78, 5) is 22.4. The first kappa shape index (κ1) is 16.2. The third kappa shape index (κ3) is 3.53. The van der Waals surface area contributed by atoms with Crippen LogP contribution in [0.3, 0.4) is 0 Å². The molecule has 0 aromatic heterocycles. The van der Waals surface area contributed by atoms with Gasteiger partial charge in [-0.05, 0) is 30.5 Å². The van der Waals surface area contributed by atoms with Gasteiger partial charge in [0.15, 0.2) is 0 Å². The topological polar surface area (TPSA) is 63.6 Å². The number of allylic oxidation sites excluding steroid dienone is 1. The molecule has 2 rings (SSSR count). The van der Waals surface area contributed by atoms with Crippen molar-refractivity contribution < 1.29 is 18.8 Å². The monoisotopic (exact) mass is 316 g/mol. The summed E-state index contributed by atoms with van der Waals surface area (Å²) in [5.41, 5.74) is 0.614. The maximum absolute atomic E-state index is 12.4. The van der Waals surface area contributed by atoms with E-state index < -0.39 is 13.1 Å². The van der Waals surface area contributed by atoms with Crippen LogP contribution >= 0.6 is 7.60 Å². The highest BCUT2D eigenvalue weighted by atomic mass is 31.2. The third-order valence-corrected chi connectivity index (χ3v) is 4.39. The van der Waals surface area contributed by atoms with Crippen LogP contribution in [0.4, 0.5) is 0 Å². The molecule has 1 unspecified atom stereocenters. The van der Waals surface area contributed by atoms with Gasteiger partial charge >= 0.3 is 7.60 Å². The molecule has 0 aliphatic heterocycles. The van der Waals surface area contributed by atoms with Gasteiger partial charge in [0, 0.05) is 5.56 Å². The molecular weight excluding hydrogens is 299 g/mol. The molecule has 114 valence electrons. The summed E-state index contributed by atoms with van der Waals surface area (Å²) in [5, 5.41) is 0.